The van der Waals surface area contributed by atoms with E-state index in [0.29, 0.717) is 12.6 Å². The van der Waals surface area contributed by atoms with Gasteiger partial charge in [0.2, 0.25) is 5.91 Å². The van der Waals surface area contributed by atoms with E-state index in [-0.39, 0.29) is 5.91 Å². The molecule has 2 rings (SSSR count). The van der Waals surface area contributed by atoms with Crippen LogP contribution in [0, 0.1) is 0 Å². The Morgan fingerprint density at radius 2 is 2.15 bits per heavy atom. The molecule has 1 fully saturated rings. The Labute approximate surface area is 133 Å². The van der Waals surface area contributed by atoms with Crippen molar-refractivity contribution in [2.24, 2.45) is 0 Å². The van der Waals surface area contributed by atoms with Crippen molar-refractivity contribution >= 4 is 33.2 Å². The lowest BCUT2D eigenvalue weighted by Gasteiger charge is -2.25. The van der Waals surface area contributed by atoms with Gasteiger partial charge >= 0.3 is 0 Å². The van der Waals surface area contributed by atoms with Gasteiger partial charge in [0.05, 0.1) is 10.3 Å². The van der Waals surface area contributed by atoms with Crippen molar-refractivity contribution in [3.8, 4) is 0 Å². The van der Waals surface area contributed by atoms with Gasteiger partial charge in [0.15, 0.2) is 0 Å². The number of halogens is 1. The lowest BCUT2D eigenvalue weighted by Crippen LogP contribution is -2.42. The molecule has 1 N–H and O–H groups in total. The van der Waals surface area contributed by atoms with Crippen molar-refractivity contribution in [2.45, 2.75) is 51.6 Å². The summed E-state index contributed by atoms with van der Waals surface area (Å²) in [5.74, 6) is 0.175. The molecule has 0 radical (unpaired) electrons. The monoisotopic (exact) mass is 358 g/mol. The van der Waals surface area contributed by atoms with Crippen LogP contribution in [0.1, 0.15) is 43.9 Å². The lowest BCUT2D eigenvalue weighted by molar-refractivity contribution is -0.123. The van der Waals surface area contributed by atoms with Gasteiger partial charge in [-0.15, -0.1) is 11.3 Å². The number of nitrogens with one attached hydrogen (secondary N) is 1. The van der Waals surface area contributed by atoms with Gasteiger partial charge in [-0.2, -0.15) is 0 Å². The summed E-state index contributed by atoms with van der Waals surface area (Å²) in [5, 5.41) is 3.19. The van der Waals surface area contributed by atoms with Gasteiger partial charge < -0.3 is 5.32 Å². The summed E-state index contributed by atoms with van der Waals surface area (Å²) < 4.78 is 1.15. The molecule has 112 valence electrons. The number of likely N-dealkylation sites (N-methyl/N-ethyl adjacent to an activating group) is 1. The third-order valence-corrected chi connectivity index (χ3v) is 5.40. The SMILES string of the molecule is CCN(CC(=O)NC1CCCCC1)Cc1ccc(Br)s1. The van der Waals surface area contributed by atoms with Crippen molar-refractivity contribution in [2.75, 3.05) is 13.1 Å². The first-order valence-corrected chi connectivity index (χ1v) is 9.04. The second-order valence-electron chi connectivity index (χ2n) is 5.41. The van der Waals surface area contributed by atoms with Crippen molar-refractivity contribution in [1.29, 1.82) is 0 Å². The highest BCUT2D eigenvalue weighted by molar-refractivity contribution is 9.11. The number of amides is 1. The molecular weight excluding hydrogens is 336 g/mol. The summed E-state index contributed by atoms with van der Waals surface area (Å²) in [4.78, 5) is 15.6. The molecule has 3 nitrogen and oxygen atoms in total. The van der Waals surface area contributed by atoms with Crippen molar-refractivity contribution < 1.29 is 4.79 Å². The second-order valence-corrected chi connectivity index (χ2v) is 7.96. The maximum absolute atomic E-state index is 12.1. The zero-order valence-electron chi connectivity index (χ0n) is 12.0. The minimum absolute atomic E-state index is 0.175. The van der Waals surface area contributed by atoms with Crippen LogP contribution in [-0.4, -0.2) is 29.9 Å². The molecule has 0 atom stereocenters. The molecule has 1 saturated carbocycles. The smallest absolute Gasteiger partial charge is 0.234 e. The fraction of sp³-hybridized carbons (Fsp3) is 0.667. The van der Waals surface area contributed by atoms with Crippen molar-refractivity contribution in [3.63, 3.8) is 0 Å². The Kier molecular flexibility index (Phi) is 6.52. The molecule has 20 heavy (non-hydrogen) atoms. The quantitative estimate of drug-likeness (QED) is 0.838. The molecule has 0 aromatic carbocycles. The third kappa shape index (κ3) is 5.19. The Balaban J connectivity index is 1.78. The minimum Gasteiger partial charge on any atom is -0.352 e. The van der Waals surface area contributed by atoms with Crippen LogP contribution in [0.5, 0.6) is 0 Å². The number of nitrogens with zero attached hydrogens (tertiary/aromatic N) is 1. The number of rotatable bonds is 6. The van der Waals surface area contributed by atoms with Crippen molar-refractivity contribution in [1.82, 2.24) is 10.2 Å². The van der Waals surface area contributed by atoms with Gasteiger partial charge in [-0.1, -0.05) is 26.2 Å². The van der Waals surface area contributed by atoms with Gasteiger partial charge in [0, 0.05) is 17.5 Å². The second kappa shape index (κ2) is 8.15. The Hall–Kier alpha value is -0.390. The van der Waals surface area contributed by atoms with E-state index >= 15 is 0 Å². The Bertz CT molecular complexity index is 429. The van der Waals surface area contributed by atoms with E-state index in [1.807, 2.05) is 0 Å². The first-order chi connectivity index (χ1) is 9.67. The predicted molar refractivity (Wildman–Crippen MR) is 88.0 cm³/mol. The van der Waals surface area contributed by atoms with E-state index in [2.05, 4.69) is 45.2 Å². The van der Waals surface area contributed by atoms with Crippen molar-refractivity contribution in [3.05, 3.63) is 20.8 Å². The summed E-state index contributed by atoms with van der Waals surface area (Å²) in [6.07, 6.45) is 6.13. The third-order valence-electron chi connectivity index (χ3n) is 3.79. The maximum atomic E-state index is 12.1. The van der Waals surface area contributed by atoms with Crippen LogP contribution >= 0.6 is 27.3 Å². The van der Waals surface area contributed by atoms with Gasteiger partial charge in [-0.05, 0) is 47.4 Å². The zero-order valence-corrected chi connectivity index (χ0v) is 14.4. The van der Waals surface area contributed by atoms with Crippen LogP contribution in [0.4, 0.5) is 0 Å². The molecule has 0 unspecified atom stereocenters. The fourth-order valence-corrected chi connectivity index (χ4v) is 4.19. The Morgan fingerprint density at radius 3 is 2.75 bits per heavy atom. The molecule has 1 aromatic heterocycles. The standard InChI is InChI=1S/C15H23BrN2OS/c1-2-18(10-13-8-9-14(16)20-13)11-15(19)17-12-6-4-3-5-7-12/h8-9,12H,2-7,10-11H2,1H3,(H,17,19). The highest BCUT2D eigenvalue weighted by Gasteiger charge is 2.17. The number of hydrogen-bond donors (Lipinski definition) is 1. The summed E-state index contributed by atoms with van der Waals surface area (Å²) >= 11 is 5.22. The number of carbonyl (C=O) groups excluding carboxylic acids is 1. The zero-order chi connectivity index (χ0) is 14.4. The molecule has 1 heterocycles. The van der Waals surface area contributed by atoms with Crippen LogP contribution in [-0.2, 0) is 11.3 Å². The lowest BCUT2D eigenvalue weighted by atomic mass is 9.95. The fourth-order valence-electron chi connectivity index (χ4n) is 2.66. The van der Waals surface area contributed by atoms with Gasteiger partial charge in [-0.3, -0.25) is 9.69 Å². The number of thiophene rings is 1. The van der Waals surface area contributed by atoms with E-state index in [0.717, 1.165) is 29.7 Å². The molecule has 0 bridgehead atoms. The van der Waals surface area contributed by atoms with E-state index in [4.69, 9.17) is 0 Å². The summed E-state index contributed by atoms with van der Waals surface area (Å²) in [7, 11) is 0. The average Bonchev–Trinajstić information content (AvgIpc) is 2.84. The highest BCUT2D eigenvalue weighted by Crippen LogP contribution is 2.23. The largest absolute Gasteiger partial charge is 0.352 e. The number of carbonyl (C=O) groups is 1. The molecule has 0 spiro atoms. The normalized spacial score (nSPS) is 16.6. The number of hydrogen-bond acceptors (Lipinski definition) is 3. The molecule has 0 aliphatic heterocycles. The maximum Gasteiger partial charge on any atom is 0.234 e. The Morgan fingerprint density at radius 1 is 1.40 bits per heavy atom. The topological polar surface area (TPSA) is 32.3 Å². The molecule has 1 aromatic rings. The molecule has 5 heteroatoms. The summed E-state index contributed by atoms with van der Waals surface area (Å²) in [6.45, 7) is 4.36. The molecule has 1 aliphatic rings. The van der Waals surface area contributed by atoms with Gasteiger partial charge in [0.25, 0.3) is 0 Å². The van der Waals surface area contributed by atoms with Crippen LogP contribution in [0.25, 0.3) is 0 Å². The molecule has 0 saturated heterocycles. The van der Waals surface area contributed by atoms with Crippen LogP contribution in [0.15, 0.2) is 15.9 Å². The van der Waals surface area contributed by atoms with E-state index < -0.39 is 0 Å². The van der Waals surface area contributed by atoms with Crippen LogP contribution in [0.3, 0.4) is 0 Å². The highest BCUT2D eigenvalue weighted by atomic mass is 79.9. The van der Waals surface area contributed by atoms with E-state index in [9.17, 15) is 4.79 Å². The predicted octanol–water partition coefficient (Wildman–Crippen LogP) is 3.78. The average molecular weight is 359 g/mol. The van der Waals surface area contributed by atoms with Gasteiger partial charge in [0.1, 0.15) is 0 Å². The summed E-state index contributed by atoms with van der Waals surface area (Å²) in [5.41, 5.74) is 0. The molecule has 1 amide bonds. The van der Waals surface area contributed by atoms with E-state index in [1.165, 1.54) is 24.1 Å². The first-order valence-electron chi connectivity index (χ1n) is 7.43. The van der Waals surface area contributed by atoms with Crippen LogP contribution < -0.4 is 5.32 Å². The summed E-state index contributed by atoms with van der Waals surface area (Å²) in [6, 6.07) is 4.60. The van der Waals surface area contributed by atoms with Gasteiger partial charge in [-0.25, -0.2) is 0 Å². The molecular formula is C15H23BrN2OS. The first kappa shape index (κ1) is 16.0. The van der Waals surface area contributed by atoms with E-state index in [1.54, 1.807) is 11.3 Å². The minimum atomic E-state index is 0.175. The molecule has 1 aliphatic carbocycles. The van der Waals surface area contributed by atoms with Crippen LogP contribution in [0.2, 0.25) is 0 Å².